The molecule has 0 amide bonds. The van der Waals surface area contributed by atoms with Gasteiger partial charge < -0.3 is 0 Å². The maximum Gasteiger partial charge on any atom is 0.133 e. The number of Topliss-reactive ketones (excluding diaryl/α,β-unsaturated/α-hetero) is 1. The molecule has 6 atom stereocenters. The molecule has 2 bridgehead atoms. The Bertz CT molecular complexity index is 283. The van der Waals surface area contributed by atoms with Crippen LogP contribution in [-0.2, 0) is 4.79 Å². The summed E-state index contributed by atoms with van der Waals surface area (Å²) in [7, 11) is 0. The van der Waals surface area contributed by atoms with Gasteiger partial charge in [0.2, 0.25) is 0 Å². The van der Waals surface area contributed by atoms with Crippen LogP contribution in [0.2, 0.25) is 0 Å². The molecule has 1 nitrogen and oxygen atoms in total. The van der Waals surface area contributed by atoms with Crippen LogP contribution in [0.5, 0.6) is 0 Å². The van der Waals surface area contributed by atoms with E-state index in [2.05, 4.69) is 6.92 Å². The van der Waals surface area contributed by atoms with Crippen LogP contribution in [-0.4, -0.2) is 5.78 Å². The fourth-order valence-electron chi connectivity index (χ4n) is 4.95. The molecule has 3 saturated carbocycles. The van der Waals surface area contributed by atoms with Crippen LogP contribution in [0.1, 0.15) is 46.0 Å². The summed E-state index contributed by atoms with van der Waals surface area (Å²) in [5.41, 5.74) is 0. The summed E-state index contributed by atoms with van der Waals surface area (Å²) in [5.74, 6) is 5.45. The van der Waals surface area contributed by atoms with Gasteiger partial charge in [0.1, 0.15) is 5.78 Å². The zero-order valence-electron chi connectivity index (χ0n) is 9.91. The van der Waals surface area contributed by atoms with Crippen molar-refractivity contribution in [1.29, 1.82) is 0 Å². The van der Waals surface area contributed by atoms with Crippen molar-refractivity contribution in [2.45, 2.75) is 46.0 Å². The molecule has 0 spiro atoms. The Hall–Kier alpha value is -0.330. The zero-order chi connectivity index (χ0) is 10.6. The molecular formula is C14H22O. The first-order valence-electron chi connectivity index (χ1n) is 6.67. The third-order valence-corrected chi connectivity index (χ3v) is 5.65. The Kier molecular flexibility index (Phi) is 2.19. The molecule has 3 fully saturated rings. The van der Waals surface area contributed by atoms with E-state index in [-0.39, 0.29) is 0 Å². The molecule has 3 aliphatic rings. The summed E-state index contributed by atoms with van der Waals surface area (Å²) in [4.78, 5) is 11.6. The molecule has 15 heavy (non-hydrogen) atoms. The van der Waals surface area contributed by atoms with Crippen LogP contribution >= 0.6 is 0 Å². The number of fused-ring (bicyclic) bond motifs is 5. The van der Waals surface area contributed by atoms with Crippen LogP contribution in [0.25, 0.3) is 0 Å². The Morgan fingerprint density at radius 2 is 1.60 bits per heavy atom. The van der Waals surface area contributed by atoms with Crippen LogP contribution in [0.15, 0.2) is 0 Å². The topological polar surface area (TPSA) is 17.1 Å². The monoisotopic (exact) mass is 206 g/mol. The first-order valence-corrected chi connectivity index (χ1v) is 6.67. The number of ketones is 1. The summed E-state index contributed by atoms with van der Waals surface area (Å²) in [6.45, 7) is 4.10. The zero-order valence-corrected chi connectivity index (χ0v) is 9.91. The average Bonchev–Trinajstić information content (AvgIpc) is 2.76. The standard InChI is InChI=1S/C14H22O/c1-8-5-13-10-3-4-11(6-10)14(13)7-12(8)9(2)15/h8,10-14H,3-7H2,1-2H3/t8?,10-,11+,12?,13+,14-/m1/s1. The minimum Gasteiger partial charge on any atom is -0.300 e. The molecule has 0 aromatic heterocycles. The number of hydrogen-bond donors (Lipinski definition) is 0. The van der Waals surface area contributed by atoms with Gasteiger partial charge in [0.15, 0.2) is 0 Å². The molecule has 2 unspecified atom stereocenters. The van der Waals surface area contributed by atoms with Gasteiger partial charge >= 0.3 is 0 Å². The van der Waals surface area contributed by atoms with Crippen molar-refractivity contribution in [3.8, 4) is 0 Å². The largest absolute Gasteiger partial charge is 0.300 e. The smallest absolute Gasteiger partial charge is 0.133 e. The van der Waals surface area contributed by atoms with Gasteiger partial charge in [-0.3, -0.25) is 4.79 Å². The lowest BCUT2D eigenvalue weighted by atomic mass is 9.63. The molecule has 0 aromatic rings. The number of hydrogen-bond acceptors (Lipinski definition) is 1. The molecule has 0 aliphatic heterocycles. The highest BCUT2D eigenvalue weighted by Crippen LogP contribution is 2.59. The van der Waals surface area contributed by atoms with Crippen molar-refractivity contribution in [2.24, 2.45) is 35.5 Å². The second-order valence-electron chi connectivity index (χ2n) is 6.33. The van der Waals surface area contributed by atoms with Crippen molar-refractivity contribution < 1.29 is 4.79 Å². The normalized spacial score (nSPS) is 52.9. The van der Waals surface area contributed by atoms with Crippen molar-refractivity contribution in [2.75, 3.05) is 0 Å². The molecule has 84 valence electrons. The van der Waals surface area contributed by atoms with E-state index in [9.17, 15) is 4.79 Å². The summed E-state index contributed by atoms with van der Waals surface area (Å²) < 4.78 is 0. The lowest BCUT2D eigenvalue weighted by molar-refractivity contribution is -0.125. The van der Waals surface area contributed by atoms with Gasteiger partial charge in [-0.05, 0) is 68.6 Å². The highest BCUT2D eigenvalue weighted by atomic mass is 16.1. The van der Waals surface area contributed by atoms with Crippen LogP contribution in [0.4, 0.5) is 0 Å². The number of carbonyl (C=O) groups excluding carboxylic acids is 1. The highest BCUT2D eigenvalue weighted by molar-refractivity contribution is 5.78. The van der Waals surface area contributed by atoms with Crippen LogP contribution < -0.4 is 0 Å². The molecule has 0 heterocycles. The number of rotatable bonds is 1. The minimum absolute atomic E-state index is 0.394. The Balaban J connectivity index is 1.79. The molecule has 0 radical (unpaired) electrons. The molecule has 3 rings (SSSR count). The molecule has 1 heteroatoms. The second-order valence-corrected chi connectivity index (χ2v) is 6.33. The van der Waals surface area contributed by atoms with E-state index in [1.54, 1.807) is 6.92 Å². The van der Waals surface area contributed by atoms with Crippen molar-refractivity contribution in [3.05, 3.63) is 0 Å². The maximum atomic E-state index is 11.6. The van der Waals surface area contributed by atoms with Crippen molar-refractivity contribution >= 4 is 5.78 Å². The third-order valence-electron chi connectivity index (χ3n) is 5.65. The Morgan fingerprint density at radius 3 is 2.20 bits per heavy atom. The third kappa shape index (κ3) is 1.38. The molecule has 0 aromatic carbocycles. The lowest BCUT2D eigenvalue weighted by Crippen LogP contribution is -2.36. The fraction of sp³-hybridized carbons (Fsp3) is 0.929. The van der Waals surface area contributed by atoms with E-state index in [0.717, 1.165) is 23.7 Å². The van der Waals surface area contributed by atoms with Gasteiger partial charge in [-0.15, -0.1) is 0 Å². The van der Waals surface area contributed by atoms with Crippen molar-refractivity contribution in [1.82, 2.24) is 0 Å². The van der Waals surface area contributed by atoms with Gasteiger partial charge in [0, 0.05) is 5.92 Å². The van der Waals surface area contributed by atoms with E-state index in [4.69, 9.17) is 0 Å². The molecule has 3 aliphatic carbocycles. The lowest BCUT2D eigenvalue weighted by Gasteiger charge is -2.41. The molecule has 0 saturated heterocycles. The van der Waals surface area contributed by atoms with E-state index < -0.39 is 0 Å². The maximum absolute atomic E-state index is 11.6. The van der Waals surface area contributed by atoms with Gasteiger partial charge in [0.25, 0.3) is 0 Å². The first-order chi connectivity index (χ1) is 7.16. The summed E-state index contributed by atoms with van der Waals surface area (Å²) in [6.07, 6.45) is 7.01. The van der Waals surface area contributed by atoms with Gasteiger partial charge in [-0.2, -0.15) is 0 Å². The molecule has 0 N–H and O–H groups in total. The van der Waals surface area contributed by atoms with Gasteiger partial charge in [0.05, 0.1) is 0 Å². The van der Waals surface area contributed by atoms with E-state index in [1.165, 1.54) is 32.1 Å². The predicted octanol–water partition coefficient (Wildman–Crippen LogP) is 3.28. The van der Waals surface area contributed by atoms with Gasteiger partial charge in [-0.1, -0.05) is 6.92 Å². The van der Waals surface area contributed by atoms with Crippen LogP contribution in [0.3, 0.4) is 0 Å². The predicted molar refractivity (Wildman–Crippen MR) is 60.4 cm³/mol. The summed E-state index contributed by atoms with van der Waals surface area (Å²) in [5, 5.41) is 0. The van der Waals surface area contributed by atoms with E-state index >= 15 is 0 Å². The summed E-state index contributed by atoms with van der Waals surface area (Å²) in [6, 6.07) is 0. The second kappa shape index (κ2) is 3.33. The SMILES string of the molecule is CC(=O)C1C[C@@H]2[C@H]3CC[C@H](C3)[C@@H]2CC1C. The van der Waals surface area contributed by atoms with E-state index in [1.807, 2.05) is 0 Å². The number of carbonyl (C=O) groups is 1. The van der Waals surface area contributed by atoms with Crippen molar-refractivity contribution in [3.63, 3.8) is 0 Å². The Morgan fingerprint density at radius 1 is 1.00 bits per heavy atom. The summed E-state index contributed by atoms with van der Waals surface area (Å²) >= 11 is 0. The average molecular weight is 206 g/mol. The minimum atomic E-state index is 0.394. The van der Waals surface area contributed by atoms with Gasteiger partial charge in [-0.25, -0.2) is 0 Å². The quantitative estimate of drug-likeness (QED) is 0.643. The Labute approximate surface area is 92.6 Å². The molecular weight excluding hydrogens is 184 g/mol. The van der Waals surface area contributed by atoms with Crippen LogP contribution in [0, 0.1) is 35.5 Å². The van der Waals surface area contributed by atoms with E-state index in [0.29, 0.717) is 17.6 Å². The fourth-order valence-corrected chi connectivity index (χ4v) is 4.95. The highest BCUT2D eigenvalue weighted by Gasteiger charge is 2.51. The first kappa shape index (κ1) is 9.86.